The Bertz CT molecular complexity index is 622. The van der Waals surface area contributed by atoms with Gasteiger partial charge in [0.2, 0.25) is 0 Å². The molecule has 1 nitrogen and oxygen atoms in total. The Morgan fingerprint density at radius 2 is 1.11 bits per heavy atom. The third kappa shape index (κ3) is 1.74. The zero-order valence-corrected chi connectivity index (χ0v) is 10.5. The molecule has 1 heteroatoms. The first-order valence-corrected chi connectivity index (χ1v) is 6.66. The molecule has 0 aromatic heterocycles. The number of fused-ring (bicyclic) bond motifs is 2. The summed E-state index contributed by atoms with van der Waals surface area (Å²) in [6.07, 6.45) is 8.74. The average Bonchev–Trinajstić information content (AvgIpc) is 3.05. The van der Waals surface area contributed by atoms with Gasteiger partial charge in [0, 0.05) is 0 Å². The van der Waals surface area contributed by atoms with E-state index in [0.717, 1.165) is 0 Å². The van der Waals surface area contributed by atoms with Crippen LogP contribution in [0.15, 0.2) is 60.7 Å². The fraction of sp³-hybridized carbons (Fsp3) is 0.111. The number of rotatable bonds is 2. The van der Waals surface area contributed by atoms with Crippen molar-refractivity contribution in [1.29, 1.82) is 0 Å². The summed E-state index contributed by atoms with van der Waals surface area (Å²) < 4.78 is 0. The second-order valence-corrected chi connectivity index (χ2v) is 5.01. The van der Waals surface area contributed by atoms with Gasteiger partial charge < -0.3 is 0 Å². The summed E-state index contributed by atoms with van der Waals surface area (Å²) in [6, 6.07) is 17.4. The van der Waals surface area contributed by atoms with Crippen molar-refractivity contribution >= 4 is 12.2 Å². The lowest BCUT2D eigenvalue weighted by atomic mass is 10.0. The van der Waals surface area contributed by atoms with Crippen molar-refractivity contribution in [2.45, 2.75) is 12.1 Å². The van der Waals surface area contributed by atoms with Gasteiger partial charge in [-0.25, -0.2) is 5.32 Å². The zero-order valence-electron chi connectivity index (χ0n) is 10.5. The van der Waals surface area contributed by atoms with E-state index in [1.54, 1.807) is 0 Å². The molecule has 0 heterocycles. The maximum Gasteiger partial charge on any atom is 0.0696 e. The van der Waals surface area contributed by atoms with E-state index >= 15 is 0 Å². The van der Waals surface area contributed by atoms with Crippen LogP contribution < -0.4 is 5.32 Å². The minimum atomic E-state index is 0.192. The second kappa shape index (κ2) is 4.22. The quantitative estimate of drug-likeness (QED) is 0.754. The van der Waals surface area contributed by atoms with Gasteiger partial charge in [-0.05, 0) is 22.3 Å². The maximum absolute atomic E-state index is 4.98. The SMILES string of the molecule is C1=CC([N]C2C=Cc3ccccc32)c2ccccc21. The maximum atomic E-state index is 4.98. The first-order valence-electron chi connectivity index (χ1n) is 6.66. The van der Waals surface area contributed by atoms with Gasteiger partial charge in [0.15, 0.2) is 0 Å². The predicted molar refractivity (Wildman–Crippen MR) is 78.6 cm³/mol. The minimum absolute atomic E-state index is 0.192. The molecular formula is C18H14N. The molecule has 0 aliphatic heterocycles. The fourth-order valence-electron chi connectivity index (χ4n) is 2.89. The van der Waals surface area contributed by atoms with Gasteiger partial charge in [-0.15, -0.1) is 0 Å². The van der Waals surface area contributed by atoms with Gasteiger partial charge in [0.25, 0.3) is 0 Å². The van der Waals surface area contributed by atoms with Crippen LogP contribution in [-0.4, -0.2) is 0 Å². The van der Waals surface area contributed by atoms with Crippen LogP contribution >= 0.6 is 0 Å². The highest BCUT2D eigenvalue weighted by Crippen LogP contribution is 2.35. The van der Waals surface area contributed by atoms with Crippen molar-refractivity contribution in [2.24, 2.45) is 0 Å². The monoisotopic (exact) mass is 244 g/mol. The van der Waals surface area contributed by atoms with Crippen molar-refractivity contribution in [3.05, 3.63) is 82.9 Å². The average molecular weight is 244 g/mol. The molecule has 2 aliphatic carbocycles. The summed E-state index contributed by atoms with van der Waals surface area (Å²) in [5.41, 5.74) is 5.23. The molecule has 91 valence electrons. The molecule has 4 rings (SSSR count). The molecule has 0 fully saturated rings. The van der Waals surface area contributed by atoms with Crippen LogP contribution in [0.5, 0.6) is 0 Å². The van der Waals surface area contributed by atoms with Gasteiger partial charge in [-0.2, -0.15) is 0 Å². The second-order valence-electron chi connectivity index (χ2n) is 5.01. The topological polar surface area (TPSA) is 14.1 Å². The summed E-state index contributed by atoms with van der Waals surface area (Å²) >= 11 is 0. The smallest absolute Gasteiger partial charge is 0.0696 e. The van der Waals surface area contributed by atoms with Crippen LogP contribution in [0.4, 0.5) is 0 Å². The van der Waals surface area contributed by atoms with Crippen LogP contribution in [0.2, 0.25) is 0 Å². The molecule has 1 radical (unpaired) electrons. The molecule has 0 amide bonds. The normalized spacial score (nSPS) is 22.5. The zero-order chi connectivity index (χ0) is 12.7. The first-order chi connectivity index (χ1) is 9.42. The number of hydrogen-bond donors (Lipinski definition) is 0. The van der Waals surface area contributed by atoms with E-state index in [1.807, 2.05) is 0 Å². The Kier molecular flexibility index (Phi) is 2.39. The Morgan fingerprint density at radius 3 is 1.63 bits per heavy atom. The van der Waals surface area contributed by atoms with E-state index < -0.39 is 0 Å². The third-order valence-corrected chi connectivity index (χ3v) is 3.87. The van der Waals surface area contributed by atoms with E-state index in [9.17, 15) is 0 Å². The van der Waals surface area contributed by atoms with E-state index in [0.29, 0.717) is 0 Å². The summed E-state index contributed by atoms with van der Waals surface area (Å²) in [5, 5.41) is 4.98. The lowest BCUT2D eigenvalue weighted by Gasteiger charge is -2.17. The van der Waals surface area contributed by atoms with Crippen LogP contribution in [0.25, 0.3) is 12.2 Å². The van der Waals surface area contributed by atoms with Crippen molar-refractivity contribution in [2.75, 3.05) is 0 Å². The van der Waals surface area contributed by atoms with Crippen LogP contribution in [-0.2, 0) is 0 Å². The third-order valence-electron chi connectivity index (χ3n) is 3.87. The van der Waals surface area contributed by atoms with Gasteiger partial charge >= 0.3 is 0 Å². The lowest BCUT2D eigenvalue weighted by molar-refractivity contribution is 0.560. The Balaban J connectivity index is 1.62. The van der Waals surface area contributed by atoms with Gasteiger partial charge in [-0.1, -0.05) is 72.8 Å². The lowest BCUT2D eigenvalue weighted by Crippen LogP contribution is -2.15. The largest absolute Gasteiger partial charge is 0.217 e. The minimum Gasteiger partial charge on any atom is -0.217 e. The van der Waals surface area contributed by atoms with Crippen molar-refractivity contribution in [1.82, 2.24) is 5.32 Å². The first kappa shape index (κ1) is 10.8. The molecule has 0 saturated carbocycles. The highest BCUT2D eigenvalue weighted by atomic mass is 15.0. The number of nitrogens with zero attached hydrogens (tertiary/aromatic N) is 1. The molecule has 2 aromatic rings. The molecule has 0 saturated heterocycles. The molecule has 0 bridgehead atoms. The van der Waals surface area contributed by atoms with Crippen LogP contribution in [0.1, 0.15) is 34.3 Å². The van der Waals surface area contributed by atoms with E-state index in [1.165, 1.54) is 22.3 Å². The number of hydrogen-bond acceptors (Lipinski definition) is 0. The van der Waals surface area contributed by atoms with Gasteiger partial charge in [0.05, 0.1) is 12.1 Å². The van der Waals surface area contributed by atoms with Gasteiger partial charge in [0.1, 0.15) is 0 Å². The number of benzene rings is 2. The molecule has 2 aliphatic rings. The Morgan fingerprint density at radius 1 is 0.632 bits per heavy atom. The standard InChI is InChI=1S/C18H14N/c1-3-7-15-13(5-1)9-11-17(15)19-18-12-10-14-6-2-4-8-16(14)18/h1-12,17-18H. The molecule has 0 N–H and O–H groups in total. The van der Waals surface area contributed by atoms with Crippen molar-refractivity contribution < 1.29 is 0 Å². The summed E-state index contributed by atoms with van der Waals surface area (Å²) in [6.45, 7) is 0. The summed E-state index contributed by atoms with van der Waals surface area (Å²) in [5.74, 6) is 0. The van der Waals surface area contributed by atoms with E-state index in [2.05, 4.69) is 72.8 Å². The van der Waals surface area contributed by atoms with Crippen molar-refractivity contribution in [3.8, 4) is 0 Å². The Labute approximate surface area is 113 Å². The van der Waals surface area contributed by atoms with Gasteiger partial charge in [-0.3, -0.25) is 0 Å². The molecule has 2 atom stereocenters. The predicted octanol–water partition coefficient (Wildman–Crippen LogP) is 4.13. The highest BCUT2D eigenvalue weighted by molar-refractivity contribution is 5.64. The fourth-order valence-corrected chi connectivity index (χ4v) is 2.89. The molecular weight excluding hydrogens is 230 g/mol. The van der Waals surface area contributed by atoms with Crippen LogP contribution in [0, 0.1) is 0 Å². The van der Waals surface area contributed by atoms with E-state index in [-0.39, 0.29) is 12.1 Å². The summed E-state index contributed by atoms with van der Waals surface area (Å²) in [4.78, 5) is 0. The molecule has 19 heavy (non-hydrogen) atoms. The van der Waals surface area contributed by atoms with Crippen molar-refractivity contribution in [3.63, 3.8) is 0 Å². The Hall–Kier alpha value is -2.12. The molecule has 2 unspecified atom stereocenters. The molecule has 2 aromatic carbocycles. The van der Waals surface area contributed by atoms with Crippen LogP contribution in [0.3, 0.4) is 0 Å². The highest BCUT2D eigenvalue weighted by Gasteiger charge is 2.24. The molecule has 0 spiro atoms. The van der Waals surface area contributed by atoms with E-state index in [4.69, 9.17) is 5.32 Å². The summed E-state index contributed by atoms with van der Waals surface area (Å²) in [7, 11) is 0.